The van der Waals surface area contributed by atoms with E-state index in [4.69, 9.17) is 14.7 Å². The Morgan fingerprint density at radius 2 is 0.923 bits per heavy atom. The van der Waals surface area contributed by atoms with Crippen LogP contribution < -0.4 is 4.74 Å². The highest BCUT2D eigenvalue weighted by molar-refractivity contribution is 6.10. The second kappa shape index (κ2) is 10.1. The Balaban J connectivity index is 1.16. The molecule has 5 heteroatoms. The Morgan fingerprint density at radius 1 is 0.404 bits per heavy atom. The Kier molecular flexibility index (Phi) is 5.37. The number of rotatable bonds is 2. The van der Waals surface area contributed by atoms with Crippen LogP contribution in [0.4, 0.5) is 0 Å². The molecule has 6 aromatic carbocycles. The van der Waals surface area contributed by atoms with E-state index in [0.29, 0.717) is 0 Å². The Bertz CT molecular complexity index is 3030. The molecule has 0 radical (unpaired) electrons. The summed E-state index contributed by atoms with van der Waals surface area (Å²) in [6.45, 7) is 0. The van der Waals surface area contributed by atoms with Crippen LogP contribution in [-0.2, 0) is 5.41 Å². The van der Waals surface area contributed by atoms with E-state index >= 15 is 0 Å². The summed E-state index contributed by atoms with van der Waals surface area (Å²) >= 11 is 0. The van der Waals surface area contributed by atoms with Crippen molar-refractivity contribution >= 4 is 43.6 Å². The molecule has 5 nitrogen and oxygen atoms in total. The van der Waals surface area contributed by atoms with E-state index in [-0.39, 0.29) is 0 Å². The molecule has 0 bridgehead atoms. The molecular formula is C47H28N4O. The lowest BCUT2D eigenvalue weighted by atomic mass is 9.66. The average Bonchev–Trinajstić information content (AvgIpc) is 3.82. The zero-order chi connectivity index (χ0) is 34.0. The van der Waals surface area contributed by atoms with Gasteiger partial charge in [0.15, 0.2) is 0 Å². The van der Waals surface area contributed by atoms with Crippen molar-refractivity contribution in [1.82, 2.24) is 19.1 Å². The van der Waals surface area contributed by atoms with Crippen LogP contribution in [0.5, 0.6) is 11.5 Å². The number of aromatic nitrogens is 4. The van der Waals surface area contributed by atoms with E-state index in [0.717, 1.165) is 78.6 Å². The van der Waals surface area contributed by atoms with Crippen molar-refractivity contribution in [3.63, 3.8) is 0 Å². The van der Waals surface area contributed by atoms with E-state index in [9.17, 15) is 0 Å². The lowest BCUT2D eigenvalue weighted by Gasteiger charge is -2.39. The minimum atomic E-state index is -0.704. The van der Waals surface area contributed by atoms with Gasteiger partial charge in [-0.1, -0.05) is 103 Å². The molecule has 1 spiro atoms. The molecule has 0 saturated carbocycles. The summed E-state index contributed by atoms with van der Waals surface area (Å²) < 4.78 is 11.6. The van der Waals surface area contributed by atoms with Crippen molar-refractivity contribution in [1.29, 1.82) is 0 Å². The summed E-state index contributed by atoms with van der Waals surface area (Å²) in [5, 5.41) is 4.90. The zero-order valence-electron chi connectivity index (χ0n) is 27.9. The molecule has 0 fully saturated rings. The van der Waals surface area contributed by atoms with Gasteiger partial charge < -0.3 is 13.9 Å². The van der Waals surface area contributed by atoms with Crippen LogP contribution in [0.1, 0.15) is 22.3 Å². The largest absolute Gasteiger partial charge is 0.457 e. The molecule has 0 saturated heterocycles. The van der Waals surface area contributed by atoms with E-state index in [1.807, 2.05) is 18.5 Å². The van der Waals surface area contributed by atoms with Crippen LogP contribution in [0, 0.1) is 0 Å². The first-order valence-electron chi connectivity index (χ1n) is 17.7. The molecule has 12 rings (SSSR count). The quantitative estimate of drug-likeness (QED) is 0.185. The van der Waals surface area contributed by atoms with Crippen LogP contribution in [-0.4, -0.2) is 19.1 Å². The van der Waals surface area contributed by atoms with Crippen LogP contribution in [0.25, 0.3) is 66.4 Å². The first-order valence-corrected chi connectivity index (χ1v) is 17.7. The molecular weight excluding hydrogens is 637 g/mol. The third-order valence-electron chi connectivity index (χ3n) is 11.3. The fourth-order valence-electron chi connectivity index (χ4n) is 9.25. The Labute approximate surface area is 298 Å². The van der Waals surface area contributed by atoms with Gasteiger partial charge in [0, 0.05) is 56.2 Å². The molecule has 4 aromatic heterocycles. The van der Waals surface area contributed by atoms with Crippen LogP contribution >= 0.6 is 0 Å². The van der Waals surface area contributed by atoms with E-state index < -0.39 is 5.41 Å². The second-order valence-corrected chi connectivity index (χ2v) is 13.8. The van der Waals surface area contributed by atoms with Crippen molar-refractivity contribution in [2.24, 2.45) is 0 Å². The lowest BCUT2D eigenvalue weighted by molar-refractivity contribution is 0.436. The highest BCUT2D eigenvalue weighted by Gasteiger charge is 2.52. The minimum Gasteiger partial charge on any atom is -0.457 e. The topological polar surface area (TPSA) is 44.9 Å². The maximum absolute atomic E-state index is 6.92. The molecule has 1 aliphatic carbocycles. The number of para-hydroxylation sites is 5. The molecule has 5 heterocycles. The summed E-state index contributed by atoms with van der Waals surface area (Å²) in [7, 11) is 0. The fraction of sp³-hybridized carbons (Fsp3) is 0.0213. The molecule has 1 unspecified atom stereocenters. The highest BCUT2D eigenvalue weighted by atomic mass is 16.5. The number of fused-ring (bicyclic) bond motifs is 15. The minimum absolute atomic E-state index is 0.704. The van der Waals surface area contributed by atoms with Crippen molar-refractivity contribution in [2.45, 2.75) is 5.41 Å². The first-order chi connectivity index (χ1) is 25.8. The van der Waals surface area contributed by atoms with Crippen molar-refractivity contribution in [3.05, 3.63) is 192 Å². The van der Waals surface area contributed by atoms with E-state index in [2.05, 4.69) is 161 Å². The van der Waals surface area contributed by atoms with E-state index in [1.54, 1.807) is 0 Å². The number of benzene rings is 6. The molecule has 1 atom stereocenters. The third-order valence-corrected chi connectivity index (χ3v) is 11.3. The summed E-state index contributed by atoms with van der Waals surface area (Å²) in [4.78, 5) is 10.3. The van der Waals surface area contributed by atoms with Crippen molar-refractivity contribution < 1.29 is 4.74 Å². The molecule has 10 aromatic rings. The SMILES string of the molecule is c1ccc2c(c1)Oc1cc(-n3c4ccccc4c4ccccc43)ccc1C21c2cccnc2-c2ncc(-n3c4ccccc4c4ccccc43)cc21. The van der Waals surface area contributed by atoms with Gasteiger partial charge in [-0.3, -0.25) is 9.97 Å². The molecule has 0 N–H and O–H groups in total. The summed E-state index contributed by atoms with van der Waals surface area (Å²) in [5.41, 5.74) is 12.1. The molecule has 52 heavy (non-hydrogen) atoms. The van der Waals surface area contributed by atoms with Crippen molar-refractivity contribution in [3.8, 4) is 34.3 Å². The zero-order valence-corrected chi connectivity index (χ0v) is 27.9. The number of hydrogen-bond acceptors (Lipinski definition) is 3. The maximum Gasteiger partial charge on any atom is 0.134 e. The summed E-state index contributed by atoms with van der Waals surface area (Å²) in [6.07, 6.45) is 3.88. The predicted octanol–water partition coefficient (Wildman–Crippen LogP) is 11.1. The average molecular weight is 665 g/mol. The van der Waals surface area contributed by atoms with Crippen LogP contribution in [0.3, 0.4) is 0 Å². The van der Waals surface area contributed by atoms with Gasteiger partial charge in [-0.15, -0.1) is 0 Å². The van der Waals surface area contributed by atoms with Gasteiger partial charge in [-0.05, 0) is 54.1 Å². The Hall–Kier alpha value is -6.98. The van der Waals surface area contributed by atoms with Gasteiger partial charge in [0.2, 0.25) is 0 Å². The van der Waals surface area contributed by atoms with Gasteiger partial charge in [-0.2, -0.15) is 0 Å². The number of nitrogens with zero attached hydrogens (tertiary/aromatic N) is 4. The van der Waals surface area contributed by atoms with Gasteiger partial charge in [0.25, 0.3) is 0 Å². The first kappa shape index (κ1) is 27.8. The maximum atomic E-state index is 6.92. The van der Waals surface area contributed by atoms with Gasteiger partial charge in [0.05, 0.1) is 50.8 Å². The van der Waals surface area contributed by atoms with Gasteiger partial charge in [0.1, 0.15) is 11.5 Å². The van der Waals surface area contributed by atoms with E-state index in [1.165, 1.54) is 21.5 Å². The fourth-order valence-corrected chi connectivity index (χ4v) is 9.25. The molecule has 0 amide bonds. The smallest absolute Gasteiger partial charge is 0.134 e. The monoisotopic (exact) mass is 664 g/mol. The third kappa shape index (κ3) is 3.42. The van der Waals surface area contributed by atoms with Gasteiger partial charge in [-0.25, -0.2) is 0 Å². The van der Waals surface area contributed by atoms with Crippen LogP contribution in [0.2, 0.25) is 0 Å². The standard InChI is InChI=1S/C47H28N4O/c1-6-18-39-31(12-1)32-13-2-7-19-40(32)50(39)29-23-24-36-44(27-29)52-43-22-10-5-16-35(43)47(36)37-17-11-25-48-45(37)46-38(47)26-30(28-49-46)51-41-20-8-3-14-33(41)34-15-4-9-21-42(34)51/h1-28H. The normalized spacial score (nSPS) is 15.5. The molecule has 2 aliphatic rings. The van der Waals surface area contributed by atoms with Crippen molar-refractivity contribution in [2.75, 3.05) is 0 Å². The number of hydrogen-bond donors (Lipinski definition) is 0. The van der Waals surface area contributed by atoms with Gasteiger partial charge >= 0.3 is 0 Å². The number of pyridine rings is 2. The highest BCUT2D eigenvalue weighted by Crippen LogP contribution is 2.61. The molecule has 242 valence electrons. The predicted molar refractivity (Wildman–Crippen MR) is 208 cm³/mol. The summed E-state index contributed by atoms with van der Waals surface area (Å²) in [5.74, 6) is 1.65. The summed E-state index contributed by atoms with van der Waals surface area (Å²) in [6, 6.07) is 56.3. The second-order valence-electron chi connectivity index (χ2n) is 13.8. The van der Waals surface area contributed by atoms with Crippen LogP contribution in [0.15, 0.2) is 170 Å². The lowest BCUT2D eigenvalue weighted by Crippen LogP contribution is -2.32. The Morgan fingerprint density at radius 3 is 1.58 bits per heavy atom. The molecule has 1 aliphatic heterocycles. The number of ether oxygens (including phenoxy) is 1.